The van der Waals surface area contributed by atoms with Gasteiger partial charge in [0.2, 0.25) is 4.77 Å². The van der Waals surface area contributed by atoms with Gasteiger partial charge in [-0.1, -0.05) is 32.9 Å². The number of rotatable bonds is 4. The number of nitro groups is 1. The Labute approximate surface area is 138 Å². The van der Waals surface area contributed by atoms with Crippen LogP contribution in [0.5, 0.6) is 0 Å². The number of H-pyrrole nitrogens is 1. The molecule has 2 aromatic rings. The van der Waals surface area contributed by atoms with Gasteiger partial charge < -0.3 is 0 Å². The SMILES string of the molecule is CC(C)(C)c1n[nH]c(=S)n1/N=C\C=C\c1ccccc1[N+](=O)[O-]. The zero-order valence-electron chi connectivity index (χ0n) is 13.1. The molecule has 0 bridgehead atoms. The Morgan fingerprint density at radius 2 is 2.09 bits per heavy atom. The number of benzene rings is 1. The molecule has 0 spiro atoms. The molecule has 0 fully saturated rings. The minimum absolute atomic E-state index is 0.0486. The zero-order chi connectivity index (χ0) is 17.0. The van der Waals surface area contributed by atoms with Gasteiger partial charge in [0.25, 0.3) is 5.69 Å². The average Bonchev–Trinajstić information content (AvgIpc) is 2.85. The van der Waals surface area contributed by atoms with Crippen LogP contribution in [0.1, 0.15) is 32.2 Å². The average molecular weight is 331 g/mol. The smallest absolute Gasteiger partial charge is 0.258 e. The van der Waals surface area contributed by atoms with Crippen molar-refractivity contribution in [3.05, 3.63) is 56.6 Å². The highest BCUT2D eigenvalue weighted by Gasteiger charge is 2.21. The summed E-state index contributed by atoms with van der Waals surface area (Å²) in [5, 5.41) is 22.1. The molecule has 0 saturated carbocycles. The van der Waals surface area contributed by atoms with E-state index in [4.69, 9.17) is 12.2 Å². The van der Waals surface area contributed by atoms with Gasteiger partial charge in [0.1, 0.15) is 0 Å². The van der Waals surface area contributed by atoms with E-state index in [1.54, 1.807) is 35.0 Å². The second-order valence-electron chi connectivity index (χ2n) is 5.85. The molecule has 1 heterocycles. The molecule has 0 aliphatic rings. The topological polar surface area (TPSA) is 89.1 Å². The van der Waals surface area contributed by atoms with Crippen LogP contribution in [0.3, 0.4) is 0 Å². The van der Waals surface area contributed by atoms with Crippen molar-refractivity contribution < 1.29 is 4.92 Å². The number of allylic oxidation sites excluding steroid dienone is 1. The van der Waals surface area contributed by atoms with E-state index in [1.807, 2.05) is 20.8 Å². The van der Waals surface area contributed by atoms with Gasteiger partial charge in [0.15, 0.2) is 5.82 Å². The first-order valence-electron chi connectivity index (χ1n) is 6.93. The summed E-state index contributed by atoms with van der Waals surface area (Å²) in [6.45, 7) is 6.02. The Bertz CT molecular complexity index is 827. The number of hydrogen-bond donors (Lipinski definition) is 1. The lowest BCUT2D eigenvalue weighted by Gasteiger charge is -2.15. The largest absolute Gasteiger partial charge is 0.276 e. The van der Waals surface area contributed by atoms with E-state index in [0.29, 0.717) is 16.2 Å². The minimum Gasteiger partial charge on any atom is -0.258 e. The van der Waals surface area contributed by atoms with E-state index in [0.717, 1.165) is 0 Å². The van der Waals surface area contributed by atoms with Crippen LogP contribution in [0, 0.1) is 14.9 Å². The van der Waals surface area contributed by atoms with Crippen molar-refractivity contribution in [2.75, 3.05) is 0 Å². The first-order valence-corrected chi connectivity index (χ1v) is 7.34. The molecule has 8 heteroatoms. The Balaban J connectivity index is 2.26. The van der Waals surface area contributed by atoms with Gasteiger partial charge in [0.05, 0.1) is 10.5 Å². The first-order chi connectivity index (χ1) is 10.8. The van der Waals surface area contributed by atoms with Crippen LogP contribution < -0.4 is 0 Å². The summed E-state index contributed by atoms with van der Waals surface area (Å²) < 4.78 is 1.93. The molecule has 0 atom stereocenters. The van der Waals surface area contributed by atoms with Crippen molar-refractivity contribution in [2.24, 2.45) is 5.10 Å². The lowest BCUT2D eigenvalue weighted by molar-refractivity contribution is -0.385. The third kappa shape index (κ3) is 3.98. The fourth-order valence-electron chi connectivity index (χ4n) is 1.93. The standard InChI is InChI=1S/C15H17N5O2S/c1-15(2,3)13-17-18-14(23)19(13)16-10-6-8-11-7-4-5-9-12(11)20(21)22/h4-10H,1-3H3,(H,18,23)/b8-6+,16-10-. The van der Waals surface area contributed by atoms with Crippen LogP contribution in [-0.2, 0) is 5.41 Å². The Kier molecular flexibility index (Phi) is 4.85. The van der Waals surface area contributed by atoms with E-state index in [-0.39, 0.29) is 11.1 Å². The lowest BCUT2D eigenvalue weighted by atomic mass is 9.96. The molecular formula is C15H17N5O2S. The monoisotopic (exact) mass is 331 g/mol. The molecule has 0 aliphatic carbocycles. The highest BCUT2D eigenvalue weighted by molar-refractivity contribution is 7.71. The van der Waals surface area contributed by atoms with Gasteiger partial charge >= 0.3 is 0 Å². The predicted molar refractivity (Wildman–Crippen MR) is 92.1 cm³/mol. The quantitative estimate of drug-likeness (QED) is 0.400. The summed E-state index contributed by atoms with van der Waals surface area (Å²) in [4.78, 5) is 10.5. The van der Waals surface area contributed by atoms with Crippen molar-refractivity contribution in [1.29, 1.82) is 0 Å². The highest BCUT2D eigenvalue weighted by Crippen LogP contribution is 2.20. The van der Waals surface area contributed by atoms with Crippen LogP contribution in [-0.4, -0.2) is 26.0 Å². The highest BCUT2D eigenvalue weighted by atomic mass is 32.1. The van der Waals surface area contributed by atoms with Crippen molar-refractivity contribution in [1.82, 2.24) is 14.9 Å². The lowest BCUT2D eigenvalue weighted by Crippen LogP contribution is -2.17. The van der Waals surface area contributed by atoms with Crippen molar-refractivity contribution >= 4 is 30.2 Å². The normalized spacial score (nSPS) is 12.3. The molecule has 0 unspecified atom stereocenters. The Morgan fingerprint density at radius 3 is 2.74 bits per heavy atom. The zero-order valence-corrected chi connectivity index (χ0v) is 13.9. The second kappa shape index (κ2) is 6.66. The number of nitrogens with zero attached hydrogens (tertiary/aromatic N) is 4. The van der Waals surface area contributed by atoms with E-state index >= 15 is 0 Å². The van der Waals surface area contributed by atoms with Crippen LogP contribution in [0.2, 0.25) is 0 Å². The van der Waals surface area contributed by atoms with Crippen molar-refractivity contribution in [3.8, 4) is 0 Å². The summed E-state index contributed by atoms with van der Waals surface area (Å²) >= 11 is 5.16. The van der Waals surface area contributed by atoms with Crippen molar-refractivity contribution in [2.45, 2.75) is 26.2 Å². The van der Waals surface area contributed by atoms with Crippen LogP contribution >= 0.6 is 12.2 Å². The van der Waals surface area contributed by atoms with Gasteiger partial charge in [0, 0.05) is 17.7 Å². The summed E-state index contributed by atoms with van der Waals surface area (Å²) in [7, 11) is 0. The van der Waals surface area contributed by atoms with Gasteiger partial charge in [-0.25, -0.2) is 0 Å². The molecule has 0 saturated heterocycles. The fraction of sp³-hybridized carbons (Fsp3) is 0.267. The van der Waals surface area contributed by atoms with Gasteiger partial charge in [-0.15, -0.1) is 0 Å². The molecule has 7 nitrogen and oxygen atoms in total. The number of nitro benzene ring substituents is 1. The number of aromatic nitrogens is 3. The number of aromatic amines is 1. The Hall–Kier alpha value is -2.61. The maximum absolute atomic E-state index is 10.9. The maximum atomic E-state index is 10.9. The third-order valence-electron chi connectivity index (χ3n) is 3.00. The van der Waals surface area contributed by atoms with E-state index in [9.17, 15) is 10.1 Å². The molecule has 1 aromatic carbocycles. The molecule has 2 rings (SSSR count). The molecule has 120 valence electrons. The Morgan fingerprint density at radius 1 is 1.39 bits per heavy atom. The summed E-state index contributed by atoms with van der Waals surface area (Å²) in [5.41, 5.74) is 0.343. The molecule has 0 radical (unpaired) electrons. The summed E-state index contributed by atoms with van der Waals surface area (Å²) in [5.74, 6) is 0.706. The van der Waals surface area contributed by atoms with Crippen LogP contribution in [0.15, 0.2) is 35.4 Å². The van der Waals surface area contributed by atoms with E-state index < -0.39 is 4.92 Å². The van der Waals surface area contributed by atoms with Gasteiger partial charge in [-0.05, 0) is 30.4 Å². The maximum Gasteiger partial charge on any atom is 0.276 e. The van der Waals surface area contributed by atoms with Crippen molar-refractivity contribution in [3.63, 3.8) is 0 Å². The molecule has 0 aliphatic heterocycles. The molecular weight excluding hydrogens is 314 g/mol. The van der Waals surface area contributed by atoms with E-state index in [2.05, 4.69) is 15.3 Å². The second-order valence-corrected chi connectivity index (χ2v) is 6.24. The van der Waals surface area contributed by atoms with Gasteiger partial charge in [-0.3, -0.25) is 15.2 Å². The van der Waals surface area contributed by atoms with Gasteiger partial charge in [-0.2, -0.15) is 14.9 Å². The predicted octanol–water partition coefficient (Wildman–Crippen LogP) is 3.69. The first kappa shape index (κ1) is 16.8. The molecule has 1 aromatic heterocycles. The number of para-hydroxylation sites is 1. The molecule has 1 N–H and O–H groups in total. The third-order valence-corrected chi connectivity index (χ3v) is 3.26. The summed E-state index contributed by atoms with van der Waals surface area (Å²) in [6, 6.07) is 6.50. The van der Waals surface area contributed by atoms with Crippen LogP contribution in [0.25, 0.3) is 6.08 Å². The van der Waals surface area contributed by atoms with E-state index in [1.165, 1.54) is 12.3 Å². The number of hydrogen-bond acceptors (Lipinski definition) is 5. The van der Waals surface area contributed by atoms with Crippen LogP contribution in [0.4, 0.5) is 5.69 Å². The summed E-state index contributed by atoms with van der Waals surface area (Å²) in [6.07, 6.45) is 4.78. The minimum atomic E-state index is -0.416. The molecule has 0 amide bonds. The number of nitrogens with one attached hydrogen (secondary N) is 1. The fourth-order valence-corrected chi connectivity index (χ4v) is 2.11. The molecule has 23 heavy (non-hydrogen) atoms.